The monoisotopic (exact) mass is 570 g/mol. The van der Waals surface area contributed by atoms with Crippen LogP contribution in [0.3, 0.4) is 0 Å². The largest absolute Gasteiger partial charge is 0.481 e. The van der Waals surface area contributed by atoms with Crippen molar-refractivity contribution in [2.24, 2.45) is 17.3 Å². The van der Waals surface area contributed by atoms with Crippen molar-refractivity contribution in [2.45, 2.75) is 72.3 Å². The van der Waals surface area contributed by atoms with Crippen molar-refractivity contribution >= 4 is 17.8 Å². The van der Waals surface area contributed by atoms with E-state index in [1.165, 1.54) is 11.1 Å². The number of carbonyl (C=O) groups is 3. The number of unbranched alkanes of at least 4 members (excludes halogenated alkanes) is 1. The highest BCUT2D eigenvalue weighted by atomic mass is 16.4. The number of aryl methyl sites for hydroxylation is 1. The van der Waals surface area contributed by atoms with Crippen molar-refractivity contribution in [3.05, 3.63) is 84.4 Å². The molecular weight excluding hydrogens is 524 g/mol. The van der Waals surface area contributed by atoms with Crippen LogP contribution in [0.15, 0.2) is 78.9 Å². The van der Waals surface area contributed by atoms with Gasteiger partial charge in [-0.3, -0.25) is 14.4 Å². The number of hydrogen-bond acceptors (Lipinski definition) is 3. The summed E-state index contributed by atoms with van der Waals surface area (Å²) in [6.07, 6.45) is 3.60. The molecule has 6 nitrogen and oxygen atoms in total. The fourth-order valence-electron chi connectivity index (χ4n) is 5.26. The summed E-state index contributed by atoms with van der Waals surface area (Å²) in [6.45, 7) is 7.74. The topological polar surface area (TPSA) is 95.5 Å². The Hall–Kier alpha value is -3.93. The number of likely N-dealkylation sites (N-methyl/N-ethyl adjacent to an activating group) is 1. The average molecular weight is 571 g/mol. The molecule has 0 aliphatic carbocycles. The molecule has 224 valence electrons. The molecule has 6 heteroatoms. The van der Waals surface area contributed by atoms with Crippen LogP contribution in [0, 0.1) is 17.3 Å². The molecule has 42 heavy (non-hydrogen) atoms. The van der Waals surface area contributed by atoms with Gasteiger partial charge in [0, 0.05) is 13.0 Å². The fraction of sp³-hybridized carbons (Fsp3) is 0.417. The van der Waals surface area contributed by atoms with E-state index in [0.29, 0.717) is 19.3 Å². The molecule has 0 unspecified atom stereocenters. The second-order valence-corrected chi connectivity index (χ2v) is 12.2. The quantitative estimate of drug-likeness (QED) is 0.192. The van der Waals surface area contributed by atoms with Crippen molar-refractivity contribution < 1.29 is 19.5 Å². The van der Waals surface area contributed by atoms with Gasteiger partial charge in [-0.2, -0.15) is 0 Å². The number of carbonyl (C=O) groups excluding carboxylic acids is 2. The van der Waals surface area contributed by atoms with E-state index in [1.807, 2.05) is 45.9 Å². The van der Waals surface area contributed by atoms with Gasteiger partial charge in [0.15, 0.2) is 0 Å². The van der Waals surface area contributed by atoms with E-state index in [2.05, 4.69) is 71.3 Å². The third-order valence-corrected chi connectivity index (χ3v) is 7.92. The first kappa shape index (κ1) is 32.6. The third kappa shape index (κ3) is 9.30. The average Bonchev–Trinajstić information content (AvgIpc) is 2.99. The summed E-state index contributed by atoms with van der Waals surface area (Å²) in [5.41, 5.74) is 5.17. The van der Waals surface area contributed by atoms with E-state index in [9.17, 15) is 19.5 Å². The molecule has 0 saturated heterocycles. The maximum Gasteiger partial charge on any atom is 0.306 e. The highest BCUT2D eigenvalue weighted by Crippen LogP contribution is 2.28. The van der Waals surface area contributed by atoms with Gasteiger partial charge >= 0.3 is 5.97 Å². The Morgan fingerprint density at radius 3 is 1.74 bits per heavy atom. The molecule has 0 heterocycles. The Morgan fingerprint density at radius 1 is 0.738 bits per heavy atom. The molecule has 0 radical (unpaired) electrons. The number of amides is 2. The standard InChI is InChI=1S/C36H46N2O4/c1-6-7-11-31(35(41)42)24-30(33(39)38-32(34(40)37-5)36(2,3)4)19-16-25-14-17-27(18-15-25)29-22-20-28(21-23-29)26-12-9-8-10-13-26/h8-10,12-15,17-18,20-23,30-32H,6-7,11,16,19,24H2,1-5H3,(H,37,40)(H,38,39)(H,41,42)/t30-,31-,32+/m0/s1. The first-order chi connectivity index (χ1) is 20.0. The van der Waals surface area contributed by atoms with Gasteiger partial charge < -0.3 is 15.7 Å². The molecule has 3 N–H and O–H groups in total. The molecule has 0 aliphatic rings. The van der Waals surface area contributed by atoms with Crippen LogP contribution in [0.4, 0.5) is 0 Å². The zero-order valence-corrected chi connectivity index (χ0v) is 25.7. The van der Waals surface area contributed by atoms with Crippen LogP contribution in [0.25, 0.3) is 22.3 Å². The lowest BCUT2D eigenvalue weighted by molar-refractivity contribution is -0.143. The summed E-state index contributed by atoms with van der Waals surface area (Å²) in [4.78, 5) is 38.2. The number of carboxylic acids is 1. The van der Waals surface area contributed by atoms with Crippen LogP contribution >= 0.6 is 0 Å². The second-order valence-electron chi connectivity index (χ2n) is 12.2. The number of rotatable bonds is 14. The summed E-state index contributed by atoms with van der Waals surface area (Å²) in [5.74, 6) is -2.53. The lowest BCUT2D eigenvalue weighted by Crippen LogP contribution is -2.54. The highest BCUT2D eigenvalue weighted by molar-refractivity contribution is 5.89. The van der Waals surface area contributed by atoms with Crippen LogP contribution in [0.1, 0.15) is 65.4 Å². The Bertz CT molecular complexity index is 1290. The molecule has 0 bridgehead atoms. The van der Waals surface area contributed by atoms with E-state index >= 15 is 0 Å². The van der Waals surface area contributed by atoms with E-state index in [-0.39, 0.29) is 18.2 Å². The van der Waals surface area contributed by atoms with Crippen LogP contribution in [0.2, 0.25) is 0 Å². The number of hydrogen-bond donors (Lipinski definition) is 3. The Labute approximate surface area is 250 Å². The van der Waals surface area contributed by atoms with Gasteiger partial charge in [0.25, 0.3) is 0 Å². The zero-order chi connectivity index (χ0) is 30.7. The SMILES string of the molecule is CCCC[C@@H](C[C@H](CCc1ccc(-c2ccc(-c3ccccc3)cc2)cc1)C(=O)N[C@H](C(=O)NC)C(C)(C)C)C(=O)O. The molecule has 0 fully saturated rings. The van der Waals surface area contributed by atoms with E-state index in [4.69, 9.17) is 0 Å². The number of nitrogens with one attached hydrogen (secondary N) is 2. The van der Waals surface area contributed by atoms with Crippen molar-refractivity contribution in [3.63, 3.8) is 0 Å². The first-order valence-electron chi connectivity index (χ1n) is 15.0. The van der Waals surface area contributed by atoms with Gasteiger partial charge in [0.05, 0.1) is 5.92 Å². The van der Waals surface area contributed by atoms with Crippen molar-refractivity contribution in [1.82, 2.24) is 10.6 Å². The molecule has 3 aromatic rings. The van der Waals surface area contributed by atoms with Crippen LogP contribution in [-0.4, -0.2) is 36.0 Å². The van der Waals surface area contributed by atoms with Crippen LogP contribution in [0.5, 0.6) is 0 Å². The van der Waals surface area contributed by atoms with E-state index in [1.54, 1.807) is 7.05 Å². The highest BCUT2D eigenvalue weighted by Gasteiger charge is 2.35. The maximum absolute atomic E-state index is 13.6. The molecular formula is C36H46N2O4. The summed E-state index contributed by atoms with van der Waals surface area (Å²) >= 11 is 0. The van der Waals surface area contributed by atoms with Crippen molar-refractivity contribution in [2.75, 3.05) is 7.05 Å². The predicted molar refractivity (Wildman–Crippen MR) is 170 cm³/mol. The van der Waals surface area contributed by atoms with Crippen molar-refractivity contribution in [3.8, 4) is 22.3 Å². The second kappa shape index (κ2) is 15.3. The Kier molecular flexibility index (Phi) is 11.9. The summed E-state index contributed by atoms with van der Waals surface area (Å²) in [5, 5.41) is 15.5. The Morgan fingerprint density at radius 2 is 1.26 bits per heavy atom. The van der Waals surface area contributed by atoms with Crippen LogP contribution in [-0.2, 0) is 20.8 Å². The van der Waals surface area contributed by atoms with Gasteiger partial charge in [-0.15, -0.1) is 0 Å². The lowest BCUT2D eigenvalue weighted by Gasteiger charge is -2.31. The normalized spacial score (nSPS) is 13.5. The summed E-state index contributed by atoms with van der Waals surface area (Å²) in [7, 11) is 1.55. The molecule has 3 atom stereocenters. The molecule has 3 rings (SSSR count). The minimum atomic E-state index is -0.873. The number of carboxylic acid groups (broad SMARTS) is 1. The van der Waals surface area contributed by atoms with Gasteiger partial charge in [-0.25, -0.2) is 0 Å². The van der Waals surface area contributed by atoms with E-state index < -0.39 is 29.3 Å². The van der Waals surface area contributed by atoms with Gasteiger partial charge in [0.2, 0.25) is 11.8 Å². The smallest absolute Gasteiger partial charge is 0.306 e. The molecule has 3 aromatic carbocycles. The van der Waals surface area contributed by atoms with Gasteiger partial charge in [0.1, 0.15) is 6.04 Å². The Balaban J connectivity index is 1.74. The van der Waals surface area contributed by atoms with Crippen LogP contribution < -0.4 is 10.6 Å². The minimum absolute atomic E-state index is 0.248. The predicted octanol–water partition coefficient (Wildman–Crippen LogP) is 7.13. The fourth-order valence-corrected chi connectivity index (χ4v) is 5.26. The minimum Gasteiger partial charge on any atom is -0.481 e. The number of benzene rings is 3. The number of aliphatic carboxylic acids is 1. The maximum atomic E-state index is 13.6. The third-order valence-electron chi connectivity index (χ3n) is 7.92. The zero-order valence-electron chi connectivity index (χ0n) is 25.7. The summed E-state index contributed by atoms with van der Waals surface area (Å²) in [6, 6.07) is 26.4. The van der Waals surface area contributed by atoms with Crippen molar-refractivity contribution in [1.29, 1.82) is 0 Å². The summed E-state index contributed by atoms with van der Waals surface area (Å²) < 4.78 is 0. The van der Waals surface area contributed by atoms with E-state index in [0.717, 1.165) is 29.5 Å². The first-order valence-corrected chi connectivity index (χ1v) is 15.0. The molecule has 0 spiro atoms. The molecule has 2 amide bonds. The molecule has 0 saturated carbocycles. The molecule has 0 aliphatic heterocycles. The molecule has 0 aromatic heterocycles. The van der Waals surface area contributed by atoms with Gasteiger partial charge in [-0.05, 0) is 58.9 Å². The van der Waals surface area contributed by atoms with Gasteiger partial charge in [-0.1, -0.05) is 119 Å². The lowest BCUT2D eigenvalue weighted by atomic mass is 9.83.